The quantitative estimate of drug-likeness (QED) is 0.694. The normalized spacial score (nSPS) is 11.0. The highest BCUT2D eigenvalue weighted by molar-refractivity contribution is 7.14. The molecule has 2 aromatic carbocycles. The van der Waals surface area contributed by atoms with Crippen LogP contribution in [-0.4, -0.2) is 10.9 Å². The van der Waals surface area contributed by atoms with Gasteiger partial charge in [-0.3, -0.25) is 10.1 Å². The van der Waals surface area contributed by atoms with Gasteiger partial charge in [-0.25, -0.2) is 4.98 Å². The van der Waals surface area contributed by atoms with Crippen molar-refractivity contribution in [3.63, 3.8) is 0 Å². The third-order valence-corrected chi connectivity index (χ3v) is 4.78. The lowest BCUT2D eigenvalue weighted by Crippen LogP contribution is -2.11. The Morgan fingerprint density at radius 3 is 2.54 bits per heavy atom. The molecule has 5 heteroatoms. The summed E-state index contributed by atoms with van der Waals surface area (Å²) in [7, 11) is 0. The number of hydrogen-bond donors (Lipinski definition) is 1. The fourth-order valence-electron chi connectivity index (χ4n) is 2.50. The summed E-state index contributed by atoms with van der Waals surface area (Å²) in [6.45, 7) is 6.54. The van der Waals surface area contributed by atoms with Gasteiger partial charge in [0.05, 0.1) is 17.3 Å². The summed E-state index contributed by atoms with van der Waals surface area (Å²) in [5, 5.41) is 14.2. The number of rotatable bonds is 3. The molecule has 1 aromatic heterocycles. The maximum absolute atomic E-state index is 12.3. The number of aromatic nitrogens is 1. The van der Waals surface area contributed by atoms with Crippen LogP contribution in [0.3, 0.4) is 0 Å². The second kappa shape index (κ2) is 7.11. The Hall–Kier alpha value is -2.97. The van der Waals surface area contributed by atoms with Gasteiger partial charge in [0.25, 0.3) is 5.91 Å². The summed E-state index contributed by atoms with van der Waals surface area (Å²) in [4.78, 5) is 16.8. The van der Waals surface area contributed by atoms with Crippen molar-refractivity contribution in [1.29, 1.82) is 5.26 Å². The molecule has 1 amide bonds. The molecule has 0 aliphatic carbocycles. The molecule has 3 rings (SSSR count). The summed E-state index contributed by atoms with van der Waals surface area (Å²) in [5.74, 6) is -0.272. The molecule has 0 aliphatic rings. The maximum Gasteiger partial charge on any atom is 0.257 e. The molecule has 3 aromatic rings. The van der Waals surface area contributed by atoms with E-state index < -0.39 is 0 Å². The van der Waals surface area contributed by atoms with Gasteiger partial charge in [0.2, 0.25) is 0 Å². The number of nitriles is 1. The van der Waals surface area contributed by atoms with Crippen LogP contribution in [0.4, 0.5) is 5.13 Å². The minimum atomic E-state index is -0.272. The molecule has 0 unspecified atom stereocenters. The van der Waals surface area contributed by atoms with Crippen LogP contribution < -0.4 is 5.32 Å². The smallest absolute Gasteiger partial charge is 0.257 e. The number of hydrogen-bond acceptors (Lipinski definition) is 4. The van der Waals surface area contributed by atoms with Crippen molar-refractivity contribution in [2.75, 3.05) is 5.32 Å². The molecular weight excluding hydrogens is 342 g/mol. The Balaban J connectivity index is 1.75. The largest absolute Gasteiger partial charge is 0.298 e. The molecule has 0 spiro atoms. The van der Waals surface area contributed by atoms with Crippen molar-refractivity contribution in [2.45, 2.75) is 26.2 Å². The fourth-order valence-corrected chi connectivity index (χ4v) is 3.22. The standard InChI is InChI=1S/C21H19N3OS/c1-21(2,3)17-9-7-15(8-10-17)18-13-26-20(23-18)24-19(25)16-6-4-5-14(11-16)12-22/h4-11,13H,1-3H3,(H,23,24,25). The highest BCUT2D eigenvalue weighted by atomic mass is 32.1. The lowest BCUT2D eigenvalue weighted by molar-refractivity contribution is 0.102. The Bertz CT molecular complexity index is 975. The number of carbonyl (C=O) groups excluding carboxylic acids is 1. The van der Waals surface area contributed by atoms with Crippen molar-refractivity contribution < 1.29 is 4.79 Å². The number of thiazole rings is 1. The van der Waals surface area contributed by atoms with E-state index in [0.717, 1.165) is 11.3 Å². The van der Waals surface area contributed by atoms with Crippen LogP contribution in [0.15, 0.2) is 53.9 Å². The number of benzene rings is 2. The van der Waals surface area contributed by atoms with Crippen LogP contribution in [0.25, 0.3) is 11.3 Å². The van der Waals surface area contributed by atoms with Crippen LogP contribution in [0.2, 0.25) is 0 Å². The van der Waals surface area contributed by atoms with Crippen LogP contribution in [0.5, 0.6) is 0 Å². The Kier molecular flexibility index (Phi) is 4.88. The molecule has 0 fully saturated rings. The summed E-state index contributed by atoms with van der Waals surface area (Å²) in [5.41, 5.74) is 4.12. The highest BCUT2D eigenvalue weighted by Gasteiger charge is 2.14. The van der Waals surface area contributed by atoms with Gasteiger partial charge in [-0.2, -0.15) is 5.26 Å². The van der Waals surface area contributed by atoms with Crippen LogP contribution in [-0.2, 0) is 5.41 Å². The van der Waals surface area contributed by atoms with Crippen molar-refractivity contribution >= 4 is 22.4 Å². The highest BCUT2D eigenvalue weighted by Crippen LogP contribution is 2.28. The SMILES string of the molecule is CC(C)(C)c1ccc(-c2csc(NC(=O)c3cccc(C#N)c3)n2)cc1. The average Bonchev–Trinajstić information content (AvgIpc) is 3.09. The second-order valence-electron chi connectivity index (χ2n) is 7.01. The molecule has 0 atom stereocenters. The lowest BCUT2D eigenvalue weighted by Gasteiger charge is -2.18. The fraction of sp³-hybridized carbons (Fsp3) is 0.190. The zero-order valence-corrected chi connectivity index (χ0v) is 15.7. The number of anilines is 1. The van der Waals surface area contributed by atoms with Gasteiger partial charge < -0.3 is 0 Å². The predicted octanol–water partition coefficient (Wildman–Crippen LogP) is 5.23. The van der Waals surface area contributed by atoms with Gasteiger partial charge in [-0.05, 0) is 29.2 Å². The van der Waals surface area contributed by atoms with E-state index in [1.54, 1.807) is 24.3 Å². The molecule has 26 heavy (non-hydrogen) atoms. The van der Waals surface area contributed by atoms with Gasteiger partial charge in [0.15, 0.2) is 5.13 Å². The first-order valence-electron chi connectivity index (χ1n) is 8.25. The average molecular weight is 361 g/mol. The molecule has 1 N–H and O–H groups in total. The van der Waals surface area contributed by atoms with Crippen LogP contribution >= 0.6 is 11.3 Å². The van der Waals surface area contributed by atoms with E-state index >= 15 is 0 Å². The minimum Gasteiger partial charge on any atom is -0.298 e. The topological polar surface area (TPSA) is 65.8 Å². The number of carbonyl (C=O) groups is 1. The van der Waals surface area contributed by atoms with E-state index in [2.05, 4.69) is 55.3 Å². The molecular formula is C21H19N3OS. The molecule has 4 nitrogen and oxygen atoms in total. The van der Waals surface area contributed by atoms with Gasteiger partial charge in [-0.1, -0.05) is 51.1 Å². The molecule has 0 saturated heterocycles. The van der Waals surface area contributed by atoms with Crippen molar-refractivity contribution in [3.05, 3.63) is 70.6 Å². The second-order valence-corrected chi connectivity index (χ2v) is 7.87. The molecule has 0 radical (unpaired) electrons. The molecule has 0 saturated carbocycles. The van der Waals surface area contributed by atoms with Gasteiger partial charge in [0, 0.05) is 16.5 Å². The van der Waals surface area contributed by atoms with E-state index in [-0.39, 0.29) is 11.3 Å². The maximum atomic E-state index is 12.3. The Morgan fingerprint density at radius 2 is 1.88 bits per heavy atom. The first-order chi connectivity index (χ1) is 12.4. The van der Waals surface area contributed by atoms with Crippen molar-refractivity contribution in [1.82, 2.24) is 4.98 Å². The zero-order chi connectivity index (χ0) is 18.7. The molecule has 1 heterocycles. The van der Waals surface area contributed by atoms with E-state index in [1.807, 2.05) is 11.4 Å². The van der Waals surface area contributed by atoms with Gasteiger partial charge in [-0.15, -0.1) is 11.3 Å². The predicted molar refractivity (Wildman–Crippen MR) is 105 cm³/mol. The third-order valence-electron chi connectivity index (χ3n) is 4.03. The molecule has 130 valence electrons. The van der Waals surface area contributed by atoms with Gasteiger partial charge >= 0.3 is 0 Å². The lowest BCUT2D eigenvalue weighted by atomic mass is 9.86. The Morgan fingerprint density at radius 1 is 1.15 bits per heavy atom. The number of nitrogens with one attached hydrogen (secondary N) is 1. The number of nitrogens with zero attached hydrogens (tertiary/aromatic N) is 2. The van der Waals surface area contributed by atoms with E-state index in [9.17, 15) is 4.79 Å². The zero-order valence-electron chi connectivity index (χ0n) is 14.9. The number of amides is 1. The summed E-state index contributed by atoms with van der Waals surface area (Å²) < 4.78 is 0. The van der Waals surface area contributed by atoms with Crippen molar-refractivity contribution in [2.24, 2.45) is 0 Å². The summed E-state index contributed by atoms with van der Waals surface area (Å²) >= 11 is 1.38. The Labute approximate surface area is 157 Å². The first-order valence-corrected chi connectivity index (χ1v) is 9.13. The van der Waals surface area contributed by atoms with Crippen LogP contribution in [0.1, 0.15) is 42.3 Å². The van der Waals surface area contributed by atoms with Crippen molar-refractivity contribution in [3.8, 4) is 17.3 Å². The molecule has 0 bridgehead atoms. The monoisotopic (exact) mass is 361 g/mol. The van der Waals surface area contributed by atoms with E-state index in [4.69, 9.17) is 5.26 Å². The van der Waals surface area contributed by atoms with Crippen LogP contribution in [0, 0.1) is 11.3 Å². The minimum absolute atomic E-state index is 0.109. The van der Waals surface area contributed by atoms with Gasteiger partial charge in [0.1, 0.15) is 0 Å². The third kappa shape index (κ3) is 3.98. The first kappa shape index (κ1) is 17.8. The molecule has 0 aliphatic heterocycles. The van der Waals surface area contributed by atoms with E-state index in [1.165, 1.54) is 16.9 Å². The van der Waals surface area contributed by atoms with E-state index in [0.29, 0.717) is 16.3 Å². The summed E-state index contributed by atoms with van der Waals surface area (Å²) in [6, 6.07) is 17.0. The summed E-state index contributed by atoms with van der Waals surface area (Å²) in [6.07, 6.45) is 0.